The van der Waals surface area contributed by atoms with Gasteiger partial charge in [0.15, 0.2) is 29.7 Å². The van der Waals surface area contributed by atoms with Crippen LogP contribution < -0.4 is 9.47 Å². The van der Waals surface area contributed by atoms with E-state index in [1.807, 2.05) is 0 Å². The summed E-state index contributed by atoms with van der Waals surface area (Å²) in [6.07, 6.45) is 0.513. The summed E-state index contributed by atoms with van der Waals surface area (Å²) in [5.74, 6) is -0.715. The lowest BCUT2D eigenvalue weighted by molar-refractivity contribution is -0.142. The molecule has 0 fully saturated rings. The second-order valence-corrected chi connectivity index (χ2v) is 6.23. The Labute approximate surface area is 161 Å². The molecule has 2 aromatic rings. The molecule has 0 aromatic heterocycles. The highest BCUT2D eigenvalue weighted by atomic mass is 19.1. The number of fused-ring (bicyclic) bond motifs is 1. The molecule has 146 valence electrons. The first-order chi connectivity index (χ1) is 13.5. The second-order valence-electron chi connectivity index (χ2n) is 6.23. The van der Waals surface area contributed by atoms with Crippen LogP contribution in [0.25, 0.3) is 0 Å². The first-order valence-electron chi connectivity index (χ1n) is 8.90. The fourth-order valence-electron chi connectivity index (χ4n) is 2.63. The topological polar surface area (TPSA) is 78.9 Å². The van der Waals surface area contributed by atoms with E-state index < -0.39 is 18.4 Å². The van der Waals surface area contributed by atoms with E-state index in [0.29, 0.717) is 35.8 Å². The number of ketones is 2. The van der Waals surface area contributed by atoms with Crippen LogP contribution in [0.4, 0.5) is 4.39 Å². The number of carbonyl (C=O) groups excluding carboxylic acids is 3. The maximum absolute atomic E-state index is 12.9. The van der Waals surface area contributed by atoms with Gasteiger partial charge >= 0.3 is 5.97 Å². The predicted molar refractivity (Wildman–Crippen MR) is 97.3 cm³/mol. The monoisotopic (exact) mass is 386 g/mol. The molecule has 0 N–H and O–H groups in total. The Morgan fingerprint density at radius 2 is 1.54 bits per heavy atom. The Balaban J connectivity index is 1.47. The van der Waals surface area contributed by atoms with Crippen LogP contribution in [0.3, 0.4) is 0 Å². The first kappa shape index (κ1) is 19.5. The number of esters is 1. The summed E-state index contributed by atoms with van der Waals surface area (Å²) in [6, 6.07) is 9.88. The zero-order chi connectivity index (χ0) is 19.9. The van der Waals surface area contributed by atoms with Crippen molar-refractivity contribution in [2.75, 3.05) is 19.8 Å². The molecule has 0 spiro atoms. The molecule has 0 amide bonds. The van der Waals surface area contributed by atoms with Crippen LogP contribution in [0.1, 0.15) is 40.0 Å². The van der Waals surface area contributed by atoms with Gasteiger partial charge in [0, 0.05) is 24.0 Å². The molecule has 3 rings (SSSR count). The molecular weight excluding hydrogens is 367 g/mol. The minimum atomic E-state index is -0.654. The van der Waals surface area contributed by atoms with E-state index in [-0.39, 0.29) is 24.4 Å². The smallest absolute Gasteiger partial charge is 0.306 e. The number of carbonyl (C=O) groups is 3. The van der Waals surface area contributed by atoms with Crippen LogP contribution in [0.2, 0.25) is 0 Å². The Hall–Kier alpha value is -3.22. The summed E-state index contributed by atoms with van der Waals surface area (Å²) in [5.41, 5.74) is 0.664. The van der Waals surface area contributed by atoms with E-state index in [2.05, 4.69) is 0 Å². The molecule has 0 unspecified atom stereocenters. The molecule has 0 atom stereocenters. The van der Waals surface area contributed by atoms with Gasteiger partial charge in [0.05, 0.1) is 19.6 Å². The van der Waals surface area contributed by atoms with Crippen molar-refractivity contribution in [1.82, 2.24) is 0 Å². The Kier molecular flexibility index (Phi) is 6.37. The van der Waals surface area contributed by atoms with Gasteiger partial charge in [-0.2, -0.15) is 0 Å². The van der Waals surface area contributed by atoms with E-state index in [9.17, 15) is 18.8 Å². The highest BCUT2D eigenvalue weighted by Gasteiger charge is 2.16. The SMILES string of the molecule is O=C(CCC(=O)c1ccc(F)cc1)OCC(=O)c1ccc2c(c1)OCCCO2. The molecule has 1 aliphatic heterocycles. The van der Waals surface area contributed by atoms with Gasteiger partial charge in [0.2, 0.25) is 0 Å². The van der Waals surface area contributed by atoms with Crippen molar-refractivity contribution in [3.63, 3.8) is 0 Å². The van der Waals surface area contributed by atoms with E-state index in [0.717, 1.165) is 6.42 Å². The maximum atomic E-state index is 12.9. The van der Waals surface area contributed by atoms with Crippen LogP contribution in [-0.4, -0.2) is 37.4 Å². The Morgan fingerprint density at radius 3 is 2.29 bits per heavy atom. The Bertz CT molecular complexity index is 875. The number of benzene rings is 2. The van der Waals surface area contributed by atoms with Gasteiger partial charge in [-0.25, -0.2) is 4.39 Å². The van der Waals surface area contributed by atoms with E-state index >= 15 is 0 Å². The molecule has 0 aliphatic carbocycles. The third-order valence-corrected chi connectivity index (χ3v) is 4.16. The number of ether oxygens (including phenoxy) is 3. The van der Waals surface area contributed by atoms with Gasteiger partial charge in [-0.1, -0.05) is 0 Å². The largest absolute Gasteiger partial charge is 0.490 e. The molecule has 0 saturated heterocycles. The lowest BCUT2D eigenvalue weighted by atomic mass is 10.1. The third-order valence-electron chi connectivity index (χ3n) is 4.16. The van der Waals surface area contributed by atoms with Crippen molar-refractivity contribution >= 4 is 17.5 Å². The van der Waals surface area contributed by atoms with Crippen LogP contribution in [0, 0.1) is 5.82 Å². The molecule has 7 heteroatoms. The molecule has 0 radical (unpaired) electrons. The van der Waals surface area contributed by atoms with Crippen molar-refractivity contribution in [1.29, 1.82) is 0 Å². The van der Waals surface area contributed by atoms with Crippen molar-refractivity contribution in [3.8, 4) is 11.5 Å². The minimum Gasteiger partial charge on any atom is -0.490 e. The van der Waals surface area contributed by atoms with Gasteiger partial charge in [0.25, 0.3) is 0 Å². The van der Waals surface area contributed by atoms with Gasteiger partial charge < -0.3 is 14.2 Å². The fraction of sp³-hybridized carbons (Fsp3) is 0.286. The van der Waals surface area contributed by atoms with E-state index in [1.54, 1.807) is 18.2 Å². The summed E-state index contributed by atoms with van der Waals surface area (Å²) < 4.78 is 28.9. The summed E-state index contributed by atoms with van der Waals surface area (Å²) in [6.45, 7) is 0.624. The summed E-state index contributed by atoms with van der Waals surface area (Å²) in [4.78, 5) is 36.0. The van der Waals surface area contributed by atoms with Gasteiger partial charge in [-0.15, -0.1) is 0 Å². The van der Waals surface area contributed by atoms with Gasteiger partial charge in [-0.05, 0) is 42.5 Å². The molecule has 0 saturated carbocycles. The van der Waals surface area contributed by atoms with E-state index in [1.165, 1.54) is 24.3 Å². The van der Waals surface area contributed by atoms with Crippen LogP contribution >= 0.6 is 0 Å². The molecule has 1 heterocycles. The summed E-state index contributed by atoms with van der Waals surface area (Å²) in [5, 5.41) is 0. The van der Waals surface area contributed by atoms with Crippen molar-refractivity contribution in [2.24, 2.45) is 0 Å². The first-order valence-corrected chi connectivity index (χ1v) is 8.90. The van der Waals surface area contributed by atoms with Crippen molar-refractivity contribution in [3.05, 3.63) is 59.4 Å². The zero-order valence-electron chi connectivity index (χ0n) is 15.1. The summed E-state index contributed by atoms with van der Waals surface area (Å²) in [7, 11) is 0. The zero-order valence-corrected chi connectivity index (χ0v) is 15.1. The van der Waals surface area contributed by atoms with Gasteiger partial charge in [-0.3, -0.25) is 14.4 Å². The Morgan fingerprint density at radius 1 is 0.857 bits per heavy atom. The fourth-order valence-corrected chi connectivity index (χ4v) is 2.63. The average Bonchev–Trinajstić information content (AvgIpc) is 2.95. The lowest BCUT2D eigenvalue weighted by Crippen LogP contribution is -2.15. The third kappa shape index (κ3) is 5.16. The van der Waals surface area contributed by atoms with Crippen LogP contribution in [-0.2, 0) is 9.53 Å². The van der Waals surface area contributed by atoms with Gasteiger partial charge in [0.1, 0.15) is 5.82 Å². The molecule has 6 nitrogen and oxygen atoms in total. The highest BCUT2D eigenvalue weighted by molar-refractivity contribution is 5.99. The number of hydrogen-bond acceptors (Lipinski definition) is 6. The lowest BCUT2D eigenvalue weighted by Gasteiger charge is -2.09. The van der Waals surface area contributed by atoms with Crippen molar-refractivity contribution in [2.45, 2.75) is 19.3 Å². The quantitative estimate of drug-likeness (QED) is 0.536. The normalized spacial score (nSPS) is 12.8. The second kappa shape index (κ2) is 9.12. The number of halogens is 1. The molecule has 28 heavy (non-hydrogen) atoms. The van der Waals surface area contributed by atoms with Crippen molar-refractivity contribution < 1.29 is 33.0 Å². The van der Waals surface area contributed by atoms with Crippen LogP contribution in [0.15, 0.2) is 42.5 Å². The van der Waals surface area contributed by atoms with E-state index in [4.69, 9.17) is 14.2 Å². The number of Topliss-reactive ketones (excluding diaryl/α,β-unsaturated/α-hetero) is 2. The number of rotatable bonds is 7. The molecule has 1 aliphatic rings. The standard InChI is InChI=1S/C21H19FO6/c22-16-5-2-14(3-6-16)17(23)7-9-21(25)28-13-18(24)15-4-8-19-20(12-15)27-11-1-10-26-19/h2-6,8,12H,1,7,9-11,13H2. The van der Waals surface area contributed by atoms with Crippen LogP contribution in [0.5, 0.6) is 11.5 Å². The maximum Gasteiger partial charge on any atom is 0.306 e. The molecule has 0 bridgehead atoms. The molecule has 2 aromatic carbocycles. The number of hydrogen-bond donors (Lipinski definition) is 0. The predicted octanol–water partition coefficient (Wildman–Crippen LogP) is 3.38. The summed E-state index contributed by atoms with van der Waals surface area (Å²) >= 11 is 0. The minimum absolute atomic E-state index is 0.0807. The molecular formula is C21H19FO6. The highest BCUT2D eigenvalue weighted by Crippen LogP contribution is 2.30. The average molecular weight is 386 g/mol.